The van der Waals surface area contributed by atoms with E-state index in [0.717, 1.165) is 12.2 Å². The van der Waals surface area contributed by atoms with Crippen molar-refractivity contribution in [2.24, 2.45) is 0 Å². The van der Waals surface area contributed by atoms with Crippen LogP contribution in [0.4, 0.5) is 0 Å². The van der Waals surface area contributed by atoms with Gasteiger partial charge in [0.15, 0.2) is 0 Å². The molecule has 5 aromatic rings. The van der Waals surface area contributed by atoms with Gasteiger partial charge in [0.05, 0.1) is 0 Å². The van der Waals surface area contributed by atoms with Gasteiger partial charge < -0.3 is 4.74 Å². The third-order valence-electron chi connectivity index (χ3n) is 6.59. The van der Waals surface area contributed by atoms with Crippen LogP contribution in [-0.2, 0) is 5.60 Å². The van der Waals surface area contributed by atoms with Crippen molar-refractivity contribution in [1.82, 2.24) is 0 Å². The first-order valence-electron chi connectivity index (χ1n) is 10.9. The molecule has 5 aromatic carbocycles. The Balaban J connectivity index is 1.56. The summed E-state index contributed by atoms with van der Waals surface area (Å²) in [5.74, 6) is 1.49. The predicted molar refractivity (Wildman–Crippen MR) is 129 cm³/mol. The lowest BCUT2D eigenvalue weighted by Crippen LogP contribution is -2.25. The lowest BCUT2D eigenvalue weighted by atomic mass is 9.89. The van der Waals surface area contributed by atoms with Gasteiger partial charge in [-0.05, 0) is 93.9 Å². The minimum atomic E-state index is -0.428. The molecule has 0 spiro atoms. The Hall–Kier alpha value is -3.06. The van der Waals surface area contributed by atoms with Crippen LogP contribution in [-0.4, -0.2) is 0 Å². The van der Waals surface area contributed by atoms with Crippen LogP contribution in [0.2, 0.25) is 0 Å². The molecule has 0 radical (unpaired) electrons. The first-order chi connectivity index (χ1) is 14.5. The Bertz CT molecular complexity index is 1260. The molecule has 0 N–H and O–H groups in total. The molecule has 0 saturated carbocycles. The highest BCUT2D eigenvalue weighted by Gasteiger charge is 2.24. The standard InChI is InChI=1S/C29H28O/c1-5-19(2)20-13-15-26(16-14-20)30-29(3,4)25-17-23-11-9-21-7-6-8-22-10-12-24(18-25)28(23)27(21)22/h6-19H,5H2,1-4H3. The van der Waals surface area contributed by atoms with E-state index in [4.69, 9.17) is 4.74 Å². The molecule has 1 nitrogen and oxygen atoms in total. The van der Waals surface area contributed by atoms with Crippen LogP contribution in [0.5, 0.6) is 5.75 Å². The van der Waals surface area contributed by atoms with Gasteiger partial charge in [-0.2, -0.15) is 0 Å². The van der Waals surface area contributed by atoms with Crippen molar-refractivity contribution in [3.8, 4) is 5.75 Å². The smallest absolute Gasteiger partial charge is 0.128 e. The molecule has 150 valence electrons. The Kier molecular flexibility index (Phi) is 4.43. The van der Waals surface area contributed by atoms with Crippen molar-refractivity contribution in [3.05, 3.63) is 90.0 Å². The van der Waals surface area contributed by atoms with Crippen LogP contribution in [0, 0.1) is 0 Å². The zero-order chi connectivity index (χ0) is 20.9. The van der Waals surface area contributed by atoms with E-state index in [9.17, 15) is 0 Å². The molecule has 0 heterocycles. The van der Waals surface area contributed by atoms with Crippen LogP contribution in [0.25, 0.3) is 32.3 Å². The number of benzene rings is 5. The summed E-state index contributed by atoms with van der Waals surface area (Å²) in [6, 6.07) is 28.7. The van der Waals surface area contributed by atoms with Gasteiger partial charge in [0, 0.05) is 0 Å². The molecule has 5 rings (SSSR count). The Morgan fingerprint density at radius 1 is 0.733 bits per heavy atom. The monoisotopic (exact) mass is 392 g/mol. The van der Waals surface area contributed by atoms with Crippen molar-refractivity contribution in [2.45, 2.75) is 45.6 Å². The van der Waals surface area contributed by atoms with E-state index in [1.807, 2.05) is 0 Å². The average molecular weight is 393 g/mol. The van der Waals surface area contributed by atoms with Crippen molar-refractivity contribution in [3.63, 3.8) is 0 Å². The van der Waals surface area contributed by atoms with E-state index < -0.39 is 5.60 Å². The Morgan fingerprint density at radius 2 is 1.27 bits per heavy atom. The van der Waals surface area contributed by atoms with E-state index in [2.05, 4.69) is 107 Å². The van der Waals surface area contributed by atoms with Gasteiger partial charge in [-0.25, -0.2) is 0 Å². The van der Waals surface area contributed by atoms with Gasteiger partial charge >= 0.3 is 0 Å². The van der Waals surface area contributed by atoms with E-state index >= 15 is 0 Å². The normalized spacial score (nSPS) is 13.3. The van der Waals surface area contributed by atoms with Crippen LogP contribution in [0.15, 0.2) is 78.9 Å². The average Bonchev–Trinajstić information content (AvgIpc) is 2.77. The van der Waals surface area contributed by atoms with E-state index in [1.54, 1.807) is 0 Å². The highest BCUT2D eigenvalue weighted by molar-refractivity contribution is 6.23. The highest BCUT2D eigenvalue weighted by atomic mass is 16.5. The third-order valence-corrected chi connectivity index (χ3v) is 6.59. The minimum Gasteiger partial charge on any atom is -0.483 e. The SMILES string of the molecule is CCC(C)c1ccc(OC(C)(C)c2cc3ccc4cccc5ccc(c2)c3c45)cc1. The van der Waals surface area contributed by atoms with E-state index in [1.165, 1.54) is 43.4 Å². The first-order valence-corrected chi connectivity index (χ1v) is 10.9. The molecular formula is C29H28O. The van der Waals surface area contributed by atoms with Crippen LogP contribution in [0.3, 0.4) is 0 Å². The van der Waals surface area contributed by atoms with Crippen LogP contribution < -0.4 is 4.74 Å². The first kappa shape index (κ1) is 18.9. The summed E-state index contributed by atoms with van der Waals surface area (Å²) in [7, 11) is 0. The summed E-state index contributed by atoms with van der Waals surface area (Å²) in [5, 5.41) is 7.86. The number of ether oxygens (including phenoxy) is 1. The maximum Gasteiger partial charge on any atom is 0.128 e. The number of rotatable bonds is 5. The Labute approximate surface area is 178 Å². The van der Waals surface area contributed by atoms with Crippen LogP contribution >= 0.6 is 0 Å². The van der Waals surface area contributed by atoms with Crippen molar-refractivity contribution < 1.29 is 4.74 Å². The van der Waals surface area contributed by atoms with Gasteiger partial charge in [-0.15, -0.1) is 0 Å². The molecule has 0 fully saturated rings. The number of hydrogen-bond acceptors (Lipinski definition) is 1. The highest BCUT2D eigenvalue weighted by Crippen LogP contribution is 2.38. The molecule has 0 bridgehead atoms. The molecule has 0 aliphatic carbocycles. The Morgan fingerprint density at radius 3 is 1.83 bits per heavy atom. The zero-order valence-electron chi connectivity index (χ0n) is 18.2. The summed E-state index contributed by atoms with van der Waals surface area (Å²) in [5.41, 5.74) is 2.13. The van der Waals surface area contributed by atoms with Crippen LogP contribution in [0.1, 0.15) is 51.2 Å². The largest absolute Gasteiger partial charge is 0.483 e. The van der Waals surface area contributed by atoms with E-state index in [-0.39, 0.29) is 0 Å². The summed E-state index contributed by atoms with van der Waals surface area (Å²) < 4.78 is 6.48. The molecule has 0 amide bonds. The molecule has 30 heavy (non-hydrogen) atoms. The summed E-state index contributed by atoms with van der Waals surface area (Å²) >= 11 is 0. The summed E-state index contributed by atoms with van der Waals surface area (Å²) in [4.78, 5) is 0. The third kappa shape index (κ3) is 3.10. The quantitative estimate of drug-likeness (QED) is 0.273. The molecule has 1 unspecified atom stereocenters. The number of hydrogen-bond donors (Lipinski definition) is 0. The second-order valence-electron chi connectivity index (χ2n) is 9.00. The fraction of sp³-hybridized carbons (Fsp3) is 0.241. The minimum absolute atomic E-state index is 0.428. The second-order valence-corrected chi connectivity index (χ2v) is 9.00. The van der Waals surface area contributed by atoms with E-state index in [0.29, 0.717) is 5.92 Å². The zero-order valence-corrected chi connectivity index (χ0v) is 18.2. The van der Waals surface area contributed by atoms with Gasteiger partial charge in [0.1, 0.15) is 11.4 Å². The maximum absolute atomic E-state index is 6.48. The lowest BCUT2D eigenvalue weighted by molar-refractivity contribution is 0.109. The second kappa shape index (κ2) is 7.02. The molecule has 0 aromatic heterocycles. The van der Waals surface area contributed by atoms with Gasteiger partial charge in [-0.1, -0.05) is 68.4 Å². The molecule has 1 atom stereocenters. The molecular weight excluding hydrogens is 364 g/mol. The molecule has 1 heteroatoms. The van der Waals surface area contributed by atoms with Gasteiger partial charge in [-0.3, -0.25) is 0 Å². The van der Waals surface area contributed by atoms with Crippen molar-refractivity contribution >= 4 is 32.3 Å². The predicted octanol–water partition coefficient (Wildman–Crippen LogP) is 8.41. The molecule has 0 aliphatic rings. The maximum atomic E-state index is 6.48. The van der Waals surface area contributed by atoms with Gasteiger partial charge in [0.25, 0.3) is 0 Å². The summed E-state index contributed by atoms with van der Waals surface area (Å²) in [6.45, 7) is 8.80. The van der Waals surface area contributed by atoms with Crippen molar-refractivity contribution in [2.75, 3.05) is 0 Å². The fourth-order valence-corrected chi connectivity index (χ4v) is 4.55. The molecule has 0 aliphatic heterocycles. The topological polar surface area (TPSA) is 9.23 Å². The van der Waals surface area contributed by atoms with Crippen molar-refractivity contribution in [1.29, 1.82) is 0 Å². The lowest BCUT2D eigenvalue weighted by Gasteiger charge is -2.28. The van der Waals surface area contributed by atoms with Gasteiger partial charge in [0.2, 0.25) is 0 Å². The summed E-state index contributed by atoms with van der Waals surface area (Å²) in [6.07, 6.45) is 1.15. The molecule has 0 saturated heterocycles. The fourth-order valence-electron chi connectivity index (χ4n) is 4.55.